The third-order valence-electron chi connectivity index (χ3n) is 5.05. The monoisotopic (exact) mass is 354 g/mol. The number of hydrogen-bond acceptors (Lipinski definition) is 3. The maximum absolute atomic E-state index is 12.8. The number of amides is 1. The van der Waals surface area contributed by atoms with E-state index in [9.17, 15) is 4.79 Å². The van der Waals surface area contributed by atoms with Crippen LogP contribution in [0.25, 0.3) is 22.4 Å². The Kier molecular flexibility index (Phi) is 3.71. The minimum atomic E-state index is 0.0629. The van der Waals surface area contributed by atoms with E-state index in [1.54, 1.807) is 0 Å². The standard InChI is InChI=1S/C22H18N4O/c27-22(16-9-5-2-6-10-16)26-12-11-18-17(14-26)20-19(24-18)13-23-21(25-20)15-7-3-1-4-8-15/h1-10,13,24H,11-12,14H2. The molecule has 1 aliphatic rings. The number of nitrogens with zero attached hydrogens (tertiary/aromatic N) is 3. The number of H-pyrrole nitrogens is 1. The summed E-state index contributed by atoms with van der Waals surface area (Å²) < 4.78 is 0. The highest BCUT2D eigenvalue weighted by atomic mass is 16.2. The van der Waals surface area contributed by atoms with E-state index >= 15 is 0 Å². The zero-order valence-electron chi connectivity index (χ0n) is 14.7. The lowest BCUT2D eigenvalue weighted by Crippen LogP contribution is -2.35. The predicted octanol–water partition coefficient (Wildman–Crippen LogP) is 3.82. The molecule has 0 unspecified atom stereocenters. The van der Waals surface area contributed by atoms with Gasteiger partial charge in [0.1, 0.15) is 0 Å². The predicted molar refractivity (Wildman–Crippen MR) is 104 cm³/mol. The lowest BCUT2D eigenvalue weighted by molar-refractivity contribution is 0.0735. The second kappa shape index (κ2) is 6.36. The summed E-state index contributed by atoms with van der Waals surface area (Å²) in [5, 5.41) is 0. The summed E-state index contributed by atoms with van der Waals surface area (Å²) in [5.41, 5.74) is 5.79. The van der Waals surface area contributed by atoms with Gasteiger partial charge in [0.05, 0.1) is 17.2 Å². The van der Waals surface area contributed by atoms with Gasteiger partial charge in [-0.05, 0) is 12.1 Å². The Morgan fingerprint density at radius 1 is 1.00 bits per heavy atom. The summed E-state index contributed by atoms with van der Waals surface area (Å²) in [4.78, 5) is 27.5. The van der Waals surface area contributed by atoms with Crippen LogP contribution in [0.4, 0.5) is 0 Å². The molecule has 2 aromatic heterocycles. The second-order valence-corrected chi connectivity index (χ2v) is 6.75. The molecule has 2 aromatic carbocycles. The second-order valence-electron chi connectivity index (χ2n) is 6.75. The highest BCUT2D eigenvalue weighted by Crippen LogP contribution is 2.28. The van der Waals surface area contributed by atoms with Gasteiger partial charge in [0, 0.05) is 41.9 Å². The molecule has 5 heteroatoms. The van der Waals surface area contributed by atoms with Crippen molar-refractivity contribution in [1.82, 2.24) is 19.9 Å². The molecular formula is C22H18N4O. The maximum atomic E-state index is 12.8. The molecule has 5 nitrogen and oxygen atoms in total. The number of aromatic amines is 1. The van der Waals surface area contributed by atoms with E-state index in [4.69, 9.17) is 4.98 Å². The number of fused-ring (bicyclic) bond motifs is 3. The number of carbonyl (C=O) groups excluding carboxylic acids is 1. The fraction of sp³-hybridized carbons (Fsp3) is 0.136. The lowest BCUT2D eigenvalue weighted by Gasteiger charge is -2.27. The average Bonchev–Trinajstić information content (AvgIpc) is 3.11. The van der Waals surface area contributed by atoms with E-state index in [0.717, 1.165) is 39.8 Å². The van der Waals surface area contributed by atoms with Crippen molar-refractivity contribution in [2.24, 2.45) is 0 Å². The van der Waals surface area contributed by atoms with E-state index in [1.165, 1.54) is 0 Å². The summed E-state index contributed by atoms with van der Waals surface area (Å²) >= 11 is 0. The fourth-order valence-electron chi connectivity index (χ4n) is 3.65. The lowest BCUT2D eigenvalue weighted by atomic mass is 10.1. The molecule has 0 fully saturated rings. The molecule has 0 bridgehead atoms. The molecule has 0 atom stereocenters. The fourth-order valence-corrected chi connectivity index (χ4v) is 3.65. The van der Waals surface area contributed by atoms with Crippen LogP contribution in [-0.4, -0.2) is 32.3 Å². The van der Waals surface area contributed by atoms with Gasteiger partial charge in [0.25, 0.3) is 5.91 Å². The van der Waals surface area contributed by atoms with Crippen molar-refractivity contribution in [3.63, 3.8) is 0 Å². The molecule has 0 radical (unpaired) electrons. The molecule has 27 heavy (non-hydrogen) atoms. The Balaban J connectivity index is 1.52. The number of hydrogen-bond donors (Lipinski definition) is 1. The summed E-state index contributed by atoms with van der Waals surface area (Å²) in [6, 6.07) is 19.4. The molecule has 132 valence electrons. The topological polar surface area (TPSA) is 61.9 Å². The highest BCUT2D eigenvalue weighted by molar-refractivity contribution is 5.94. The summed E-state index contributed by atoms with van der Waals surface area (Å²) in [6.45, 7) is 1.26. The summed E-state index contributed by atoms with van der Waals surface area (Å²) in [5.74, 6) is 0.768. The van der Waals surface area contributed by atoms with Crippen molar-refractivity contribution in [2.45, 2.75) is 13.0 Å². The van der Waals surface area contributed by atoms with E-state index in [1.807, 2.05) is 71.8 Å². The first kappa shape index (κ1) is 15.8. The van der Waals surface area contributed by atoms with Gasteiger partial charge in [-0.25, -0.2) is 9.97 Å². The van der Waals surface area contributed by atoms with Crippen LogP contribution in [0.15, 0.2) is 66.9 Å². The van der Waals surface area contributed by atoms with E-state index in [0.29, 0.717) is 18.9 Å². The SMILES string of the molecule is O=C(c1ccccc1)N1CCc2[nH]c3cnc(-c4ccccc4)nc3c2C1. The maximum Gasteiger partial charge on any atom is 0.254 e. The first-order valence-corrected chi connectivity index (χ1v) is 9.06. The molecule has 3 heterocycles. The van der Waals surface area contributed by atoms with Crippen molar-refractivity contribution in [2.75, 3.05) is 6.54 Å². The molecule has 0 saturated carbocycles. The van der Waals surface area contributed by atoms with Crippen LogP contribution in [0.2, 0.25) is 0 Å². The Bertz CT molecular complexity index is 1120. The van der Waals surface area contributed by atoms with E-state index in [2.05, 4.69) is 9.97 Å². The minimum Gasteiger partial charge on any atom is -0.355 e. The van der Waals surface area contributed by atoms with Crippen LogP contribution in [0.1, 0.15) is 21.6 Å². The van der Waals surface area contributed by atoms with Gasteiger partial charge in [-0.1, -0.05) is 48.5 Å². The van der Waals surface area contributed by atoms with Crippen molar-refractivity contribution in [3.05, 3.63) is 83.7 Å². The number of benzene rings is 2. The number of nitrogens with one attached hydrogen (secondary N) is 1. The smallest absolute Gasteiger partial charge is 0.254 e. The first-order valence-electron chi connectivity index (χ1n) is 9.06. The molecule has 0 saturated heterocycles. The Morgan fingerprint density at radius 3 is 2.52 bits per heavy atom. The molecule has 1 N–H and O–H groups in total. The quantitative estimate of drug-likeness (QED) is 0.595. The van der Waals surface area contributed by atoms with Crippen molar-refractivity contribution in [1.29, 1.82) is 0 Å². The van der Waals surface area contributed by atoms with E-state index < -0.39 is 0 Å². The largest absolute Gasteiger partial charge is 0.355 e. The Labute approximate surface area is 156 Å². The molecular weight excluding hydrogens is 336 g/mol. The Hall–Kier alpha value is -3.47. The molecule has 1 amide bonds. The van der Waals surface area contributed by atoms with Crippen LogP contribution >= 0.6 is 0 Å². The van der Waals surface area contributed by atoms with Gasteiger partial charge in [0.2, 0.25) is 0 Å². The average molecular weight is 354 g/mol. The number of carbonyl (C=O) groups is 1. The van der Waals surface area contributed by atoms with Crippen LogP contribution in [-0.2, 0) is 13.0 Å². The van der Waals surface area contributed by atoms with E-state index in [-0.39, 0.29) is 5.91 Å². The van der Waals surface area contributed by atoms with Gasteiger partial charge < -0.3 is 9.88 Å². The molecule has 1 aliphatic heterocycles. The molecule has 0 aliphatic carbocycles. The first-order chi connectivity index (χ1) is 13.3. The van der Waals surface area contributed by atoms with Crippen molar-refractivity contribution in [3.8, 4) is 11.4 Å². The summed E-state index contributed by atoms with van der Waals surface area (Å²) in [6.07, 6.45) is 2.64. The van der Waals surface area contributed by atoms with Gasteiger partial charge in [-0.15, -0.1) is 0 Å². The zero-order chi connectivity index (χ0) is 18.2. The van der Waals surface area contributed by atoms with Gasteiger partial charge in [0.15, 0.2) is 5.82 Å². The normalized spacial score (nSPS) is 13.6. The van der Waals surface area contributed by atoms with Crippen LogP contribution in [0.3, 0.4) is 0 Å². The Morgan fingerprint density at radius 2 is 1.74 bits per heavy atom. The highest BCUT2D eigenvalue weighted by Gasteiger charge is 2.25. The third kappa shape index (κ3) is 2.77. The zero-order valence-corrected chi connectivity index (χ0v) is 14.7. The summed E-state index contributed by atoms with van der Waals surface area (Å²) in [7, 11) is 0. The van der Waals surface area contributed by atoms with Gasteiger partial charge in [-0.2, -0.15) is 0 Å². The van der Waals surface area contributed by atoms with Crippen LogP contribution < -0.4 is 0 Å². The minimum absolute atomic E-state index is 0.0629. The van der Waals surface area contributed by atoms with Crippen molar-refractivity contribution < 1.29 is 4.79 Å². The number of rotatable bonds is 2. The van der Waals surface area contributed by atoms with Crippen molar-refractivity contribution >= 4 is 16.9 Å². The third-order valence-corrected chi connectivity index (χ3v) is 5.05. The van der Waals surface area contributed by atoms with Crippen LogP contribution in [0.5, 0.6) is 0 Å². The van der Waals surface area contributed by atoms with Gasteiger partial charge >= 0.3 is 0 Å². The number of aromatic nitrogens is 3. The molecule has 4 aromatic rings. The molecule has 5 rings (SSSR count). The van der Waals surface area contributed by atoms with Crippen LogP contribution in [0, 0.1) is 0 Å². The van der Waals surface area contributed by atoms with Gasteiger partial charge in [-0.3, -0.25) is 4.79 Å². The molecule has 0 spiro atoms.